The van der Waals surface area contributed by atoms with Gasteiger partial charge in [-0.2, -0.15) is 0 Å². The van der Waals surface area contributed by atoms with E-state index in [9.17, 15) is 14.7 Å². The summed E-state index contributed by atoms with van der Waals surface area (Å²) in [7, 11) is 0. The molecule has 0 bridgehead atoms. The molecule has 0 spiro atoms. The summed E-state index contributed by atoms with van der Waals surface area (Å²) in [5.41, 5.74) is 0.477. The molecule has 1 aromatic carbocycles. The minimum Gasteiger partial charge on any atom is -0.481 e. The molecule has 1 aromatic rings. The van der Waals surface area contributed by atoms with Crippen molar-refractivity contribution >= 4 is 23.7 Å². The molecule has 2 rings (SSSR count). The van der Waals surface area contributed by atoms with E-state index in [1.165, 1.54) is 0 Å². The maximum absolute atomic E-state index is 11.9. The lowest BCUT2D eigenvalue weighted by Gasteiger charge is -2.35. The van der Waals surface area contributed by atoms with Crippen LogP contribution in [0.4, 0.5) is 4.79 Å². The summed E-state index contributed by atoms with van der Waals surface area (Å²) >= 11 is 5.91. The minimum atomic E-state index is -0.894. The van der Waals surface area contributed by atoms with Gasteiger partial charge in [-0.3, -0.25) is 4.79 Å². The molecule has 24 heavy (non-hydrogen) atoms. The van der Waals surface area contributed by atoms with Crippen molar-refractivity contribution in [3.05, 3.63) is 34.9 Å². The van der Waals surface area contributed by atoms with Crippen molar-refractivity contribution in [2.75, 3.05) is 0 Å². The fraction of sp³-hybridized carbons (Fsp3) is 0.556. The highest BCUT2D eigenvalue weighted by Crippen LogP contribution is 2.37. The molecular formula is C18H24ClNO4. The van der Waals surface area contributed by atoms with Crippen LogP contribution in [0.2, 0.25) is 5.02 Å². The van der Waals surface area contributed by atoms with Crippen molar-refractivity contribution in [1.82, 2.24) is 5.32 Å². The zero-order valence-electron chi connectivity index (χ0n) is 14.2. The van der Waals surface area contributed by atoms with E-state index in [1.54, 1.807) is 20.8 Å². The van der Waals surface area contributed by atoms with Gasteiger partial charge in [0.15, 0.2) is 0 Å². The van der Waals surface area contributed by atoms with Gasteiger partial charge in [0.1, 0.15) is 5.60 Å². The number of benzene rings is 1. The van der Waals surface area contributed by atoms with Crippen LogP contribution in [-0.2, 0) is 9.53 Å². The second kappa shape index (κ2) is 7.43. The molecule has 0 radical (unpaired) electrons. The van der Waals surface area contributed by atoms with Crippen LogP contribution >= 0.6 is 11.6 Å². The van der Waals surface area contributed by atoms with Gasteiger partial charge in [0, 0.05) is 11.1 Å². The van der Waals surface area contributed by atoms with Crippen LogP contribution in [0.1, 0.15) is 51.5 Å². The maximum Gasteiger partial charge on any atom is 0.407 e. The number of nitrogens with one attached hydrogen (secondary N) is 1. The highest BCUT2D eigenvalue weighted by molar-refractivity contribution is 6.30. The first kappa shape index (κ1) is 18.6. The third-order valence-electron chi connectivity index (χ3n) is 4.21. The zero-order chi connectivity index (χ0) is 17.9. The first-order valence-electron chi connectivity index (χ1n) is 8.13. The SMILES string of the molecule is CC(C)(C)OC(=O)N[C@H]1CC[C@H](c2ccc(Cl)cc2)C[C@H]1C(=O)O. The smallest absolute Gasteiger partial charge is 0.407 e. The second-order valence-corrected chi connectivity index (χ2v) is 7.70. The summed E-state index contributed by atoms with van der Waals surface area (Å²) in [6.07, 6.45) is 1.33. The molecule has 132 valence electrons. The van der Waals surface area contributed by atoms with Crippen molar-refractivity contribution in [3.63, 3.8) is 0 Å². The molecule has 1 fully saturated rings. The number of halogens is 1. The van der Waals surface area contributed by atoms with Gasteiger partial charge in [-0.15, -0.1) is 0 Å². The lowest BCUT2D eigenvalue weighted by atomic mass is 9.75. The molecule has 0 saturated heterocycles. The van der Waals surface area contributed by atoms with E-state index in [0.29, 0.717) is 17.9 Å². The fourth-order valence-electron chi connectivity index (χ4n) is 3.11. The summed E-state index contributed by atoms with van der Waals surface area (Å²) in [4.78, 5) is 23.6. The summed E-state index contributed by atoms with van der Waals surface area (Å²) in [6, 6.07) is 7.09. The van der Waals surface area contributed by atoms with Crippen molar-refractivity contribution in [2.45, 2.75) is 57.6 Å². The molecule has 0 unspecified atom stereocenters. The lowest BCUT2D eigenvalue weighted by molar-refractivity contribution is -0.143. The molecule has 1 aliphatic rings. The van der Waals surface area contributed by atoms with Crippen LogP contribution in [0.5, 0.6) is 0 Å². The quantitative estimate of drug-likeness (QED) is 0.853. The van der Waals surface area contributed by atoms with E-state index in [-0.39, 0.29) is 5.92 Å². The van der Waals surface area contributed by atoms with E-state index in [2.05, 4.69) is 5.32 Å². The van der Waals surface area contributed by atoms with Gasteiger partial charge in [-0.05, 0) is 63.6 Å². The molecule has 6 heteroatoms. The number of aliphatic carboxylic acids is 1. The van der Waals surface area contributed by atoms with Gasteiger partial charge in [0.05, 0.1) is 5.92 Å². The number of hydrogen-bond acceptors (Lipinski definition) is 3. The predicted octanol–water partition coefficient (Wildman–Crippen LogP) is 4.20. The van der Waals surface area contributed by atoms with E-state index < -0.39 is 29.6 Å². The van der Waals surface area contributed by atoms with Crippen molar-refractivity contribution < 1.29 is 19.4 Å². The number of rotatable bonds is 3. The Kier molecular flexibility index (Phi) is 5.75. The van der Waals surface area contributed by atoms with Gasteiger partial charge in [-0.1, -0.05) is 23.7 Å². The number of hydrogen-bond donors (Lipinski definition) is 2. The van der Waals surface area contributed by atoms with Crippen LogP contribution in [-0.4, -0.2) is 28.8 Å². The number of amides is 1. The van der Waals surface area contributed by atoms with E-state index >= 15 is 0 Å². The first-order valence-corrected chi connectivity index (χ1v) is 8.51. The molecule has 0 aromatic heterocycles. The largest absolute Gasteiger partial charge is 0.481 e. The van der Waals surface area contributed by atoms with E-state index in [4.69, 9.17) is 16.3 Å². The van der Waals surface area contributed by atoms with Gasteiger partial charge < -0.3 is 15.2 Å². The molecule has 2 N–H and O–H groups in total. The van der Waals surface area contributed by atoms with Gasteiger partial charge >= 0.3 is 12.1 Å². The monoisotopic (exact) mass is 353 g/mol. The normalized spacial score (nSPS) is 24.2. The highest BCUT2D eigenvalue weighted by atomic mass is 35.5. The van der Waals surface area contributed by atoms with Crippen LogP contribution in [0, 0.1) is 5.92 Å². The number of carboxylic acids is 1. The van der Waals surface area contributed by atoms with Crippen molar-refractivity contribution in [1.29, 1.82) is 0 Å². The number of ether oxygens (including phenoxy) is 1. The van der Waals surface area contributed by atoms with Gasteiger partial charge in [0.25, 0.3) is 0 Å². The van der Waals surface area contributed by atoms with Crippen LogP contribution in [0.3, 0.4) is 0 Å². The van der Waals surface area contributed by atoms with Crippen molar-refractivity contribution in [3.8, 4) is 0 Å². The Labute approximate surface area is 147 Å². The standard InChI is InChI=1S/C18H24ClNO4/c1-18(2,3)24-17(23)20-15-9-6-12(10-14(15)16(21)22)11-4-7-13(19)8-5-11/h4-5,7-8,12,14-15H,6,9-10H2,1-3H3,(H,20,23)(H,21,22)/t12-,14+,15-/m0/s1. The van der Waals surface area contributed by atoms with Crippen LogP contribution in [0.15, 0.2) is 24.3 Å². The average Bonchev–Trinajstić information content (AvgIpc) is 2.46. The molecule has 5 nitrogen and oxygen atoms in total. The topological polar surface area (TPSA) is 75.6 Å². The van der Waals surface area contributed by atoms with Crippen LogP contribution in [0.25, 0.3) is 0 Å². The molecule has 1 aliphatic carbocycles. The van der Waals surface area contributed by atoms with Gasteiger partial charge in [0.2, 0.25) is 0 Å². The van der Waals surface area contributed by atoms with E-state index in [1.807, 2.05) is 24.3 Å². The van der Waals surface area contributed by atoms with E-state index in [0.717, 1.165) is 12.0 Å². The Bertz CT molecular complexity index is 594. The second-order valence-electron chi connectivity index (χ2n) is 7.26. The Morgan fingerprint density at radius 1 is 1.21 bits per heavy atom. The predicted molar refractivity (Wildman–Crippen MR) is 92.3 cm³/mol. The number of carboxylic acid groups (broad SMARTS) is 1. The zero-order valence-corrected chi connectivity index (χ0v) is 15.0. The number of carbonyl (C=O) groups excluding carboxylic acids is 1. The van der Waals surface area contributed by atoms with Gasteiger partial charge in [-0.25, -0.2) is 4.79 Å². The van der Waals surface area contributed by atoms with Crippen molar-refractivity contribution in [2.24, 2.45) is 5.92 Å². The summed E-state index contributed by atoms with van der Waals surface area (Å²) in [5.74, 6) is -1.37. The molecule has 1 saturated carbocycles. The summed E-state index contributed by atoms with van der Waals surface area (Å²) in [5, 5.41) is 12.9. The Morgan fingerprint density at radius 2 is 1.83 bits per heavy atom. The molecule has 3 atom stereocenters. The Hall–Kier alpha value is -1.75. The lowest BCUT2D eigenvalue weighted by Crippen LogP contribution is -2.47. The highest BCUT2D eigenvalue weighted by Gasteiger charge is 2.37. The average molecular weight is 354 g/mol. The summed E-state index contributed by atoms with van der Waals surface area (Å²) < 4.78 is 5.24. The maximum atomic E-state index is 11.9. The third kappa shape index (κ3) is 5.13. The summed E-state index contributed by atoms with van der Waals surface area (Å²) in [6.45, 7) is 5.33. The Morgan fingerprint density at radius 3 is 2.38 bits per heavy atom. The fourth-order valence-corrected chi connectivity index (χ4v) is 3.24. The third-order valence-corrected chi connectivity index (χ3v) is 4.46. The molecular weight excluding hydrogens is 330 g/mol. The Balaban J connectivity index is 2.04. The number of carbonyl (C=O) groups is 2. The minimum absolute atomic E-state index is 0.153. The van der Waals surface area contributed by atoms with Crippen LogP contribution < -0.4 is 5.32 Å². The molecule has 1 amide bonds. The molecule has 0 aliphatic heterocycles. The first-order chi connectivity index (χ1) is 11.2. The molecule has 0 heterocycles. The number of alkyl carbamates (subject to hydrolysis) is 1.